The lowest BCUT2D eigenvalue weighted by atomic mass is 10.1. The van der Waals surface area contributed by atoms with Gasteiger partial charge in [-0.3, -0.25) is 14.2 Å². The molecule has 184 valence electrons. The third-order valence-electron chi connectivity index (χ3n) is 6.35. The molecule has 3 aromatic carbocycles. The number of halogens is 1. The molecule has 0 bridgehead atoms. The number of hydrogen-bond acceptors (Lipinski definition) is 3. The van der Waals surface area contributed by atoms with Crippen LogP contribution in [0.25, 0.3) is 11.0 Å². The van der Waals surface area contributed by atoms with E-state index in [9.17, 15) is 9.59 Å². The van der Waals surface area contributed by atoms with Crippen molar-refractivity contribution >= 4 is 28.5 Å². The molecule has 0 N–H and O–H groups in total. The predicted octanol–water partition coefficient (Wildman–Crippen LogP) is 5.98. The summed E-state index contributed by atoms with van der Waals surface area (Å²) < 4.78 is 1.57. The number of pyridine rings is 2. The summed E-state index contributed by atoms with van der Waals surface area (Å²) in [6, 6.07) is 32.6. The van der Waals surface area contributed by atoms with Gasteiger partial charge in [-0.2, -0.15) is 0 Å². The van der Waals surface area contributed by atoms with Crippen LogP contribution in [0.5, 0.6) is 0 Å². The lowest BCUT2D eigenvalue weighted by molar-refractivity contribution is 0.0743. The van der Waals surface area contributed by atoms with Gasteiger partial charge in [0.2, 0.25) is 0 Å². The SMILES string of the molecule is O=C(c1cc2cccnc2n(Cc2ccc(Cl)cc2)c1=O)N(CCc1ccccc1)Cc1ccccc1. The topological polar surface area (TPSA) is 55.2 Å². The summed E-state index contributed by atoms with van der Waals surface area (Å²) in [4.78, 5) is 33.9. The number of hydrogen-bond donors (Lipinski definition) is 0. The number of benzene rings is 3. The van der Waals surface area contributed by atoms with Crippen molar-refractivity contribution in [2.45, 2.75) is 19.5 Å². The molecule has 0 spiro atoms. The van der Waals surface area contributed by atoms with Gasteiger partial charge in [0, 0.05) is 29.7 Å². The molecule has 0 radical (unpaired) electrons. The monoisotopic (exact) mass is 507 g/mol. The zero-order valence-corrected chi connectivity index (χ0v) is 21.0. The Morgan fingerprint density at radius 3 is 2.19 bits per heavy atom. The molecule has 0 saturated heterocycles. The summed E-state index contributed by atoms with van der Waals surface area (Å²) in [5, 5.41) is 1.36. The van der Waals surface area contributed by atoms with Crippen molar-refractivity contribution < 1.29 is 4.79 Å². The average molecular weight is 508 g/mol. The highest BCUT2D eigenvalue weighted by Crippen LogP contribution is 2.17. The highest BCUT2D eigenvalue weighted by Gasteiger charge is 2.22. The summed E-state index contributed by atoms with van der Waals surface area (Å²) in [7, 11) is 0. The van der Waals surface area contributed by atoms with E-state index >= 15 is 0 Å². The van der Waals surface area contributed by atoms with E-state index in [2.05, 4.69) is 4.98 Å². The number of carbonyl (C=O) groups excluding carboxylic acids is 1. The third kappa shape index (κ3) is 5.79. The molecule has 0 fully saturated rings. The molecular formula is C31H26ClN3O2. The van der Waals surface area contributed by atoms with Crippen LogP contribution in [0.2, 0.25) is 5.02 Å². The second kappa shape index (κ2) is 11.2. The first-order valence-electron chi connectivity index (χ1n) is 12.2. The molecule has 0 aliphatic carbocycles. The Balaban J connectivity index is 1.53. The Bertz CT molecular complexity index is 1570. The van der Waals surface area contributed by atoms with E-state index in [0.29, 0.717) is 30.2 Å². The summed E-state index contributed by atoms with van der Waals surface area (Å²) in [5.41, 5.74) is 3.36. The minimum Gasteiger partial charge on any atom is -0.334 e. The fourth-order valence-electron chi connectivity index (χ4n) is 4.41. The quantitative estimate of drug-likeness (QED) is 0.259. The van der Waals surface area contributed by atoms with E-state index in [-0.39, 0.29) is 23.6 Å². The zero-order chi connectivity index (χ0) is 25.6. The van der Waals surface area contributed by atoms with E-state index in [1.165, 1.54) is 0 Å². The van der Waals surface area contributed by atoms with Crippen LogP contribution >= 0.6 is 11.6 Å². The van der Waals surface area contributed by atoms with Crippen molar-refractivity contribution in [1.29, 1.82) is 0 Å². The lowest BCUT2D eigenvalue weighted by Crippen LogP contribution is -2.38. The maximum absolute atomic E-state index is 14.0. The zero-order valence-electron chi connectivity index (χ0n) is 20.3. The first-order valence-corrected chi connectivity index (χ1v) is 12.6. The summed E-state index contributed by atoms with van der Waals surface area (Å²) in [6.07, 6.45) is 2.34. The van der Waals surface area contributed by atoms with Crippen LogP contribution in [0.15, 0.2) is 114 Å². The number of carbonyl (C=O) groups is 1. The number of fused-ring (bicyclic) bond motifs is 1. The molecule has 0 unspecified atom stereocenters. The molecule has 0 aliphatic rings. The van der Waals surface area contributed by atoms with Crippen LogP contribution in [-0.2, 0) is 19.5 Å². The molecule has 5 aromatic rings. The van der Waals surface area contributed by atoms with Gasteiger partial charge in [-0.05, 0) is 53.4 Å². The van der Waals surface area contributed by atoms with E-state index in [1.807, 2.05) is 84.9 Å². The van der Waals surface area contributed by atoms with Crippen molar-refractivity contribution in [1.82, 2.24) is 14.5 Å². The van der Waals surface area contributed by atoms with Gasteiger partial charge in [0.05, 0.1) is 6.54 Å². The normalized spacial score (nSPS) is 10.9. The fraction of sp³-hybridized carbons (Fsp3) is 0.129. The maximum Gasteiger partial charge on any atom is 0.265 e. The maximum atomic E-state index is 14.0. The van der Waals surface area contributed by atoms with Crippen molar-refractivity contribution in [2.24, 2.45) is 0 Å². The number of amides is 1. The second-order valence-corrected chi connectivity index (χ2v) is 9.38. The Morgan fingerprint density at radius 2 is 1.49 bits per heavy atom. The molecule has 0 saturated carbocycles. The average Bonchev–Trinajstić information content (AvgIpc) is 2.94. The van der Waals surface area contributed by atoms with Crippen molar-refractivity contribution in [3.63, 3.8) is 0 Å². The van der Waals surface area contributed by atoms with E-state index < -0.39 is 0 Å². The van der Waals surface area contributed by atoms with Crippen LogP contribution in [-0.4, -0.2) is 26.9 Å². The van der Waals surface area contributed by atoms with Crippen LogP contribution in [0.4, 0.5) is 0 Å². The lowest BCUT2D eigenvalue weighted by Gasteiger charge is -2.23. The fourth-order valence-corrected chi connectivity index (χ4v) is 4.54. The molecule has 1 amide bonds. The largest absolute Gasteiger partial charge is 0.334 e. The molecule has 5 rings (SSSR count). The highest BCUT2D eigenvalue weighted by molar-refractivity contribution is 6.30. The van der Waals surface area contributed by atoms with Crippen LogP contribution in [0, 0.1) is 0 Å². The Kier molecular flexibility index (Phi) is 7.43. The summed E-state index contributed by atoms with van der Waals surface area (Å²) >= 11 is 6.05. The van der Waals surface area contributed by atoms with Gasteiger partial charge >= 0.3 is 0 Å². The number of nitrogens with zero attached hydrogens (tertiary/aromatic N) is 3. The van der Waals surface area contributed by atoms with Gasteiger partial charge in [-0.15, -0.1) is 0 Å². The smallest absolute Gasteiger partial charge is 0.265 e. The number of rotatable bonds is 8. The molecule has 0 atom stereocenters. The predicted molar refractivity (Wildman–Crippen MR) is 148 cm³/mol. The Morgan fingerprint density at radius 1 is 0.811 bits per heavy atom. The van der Waals surface area contributed by atoms with E-state index in [1.54, 1.807) is 33.9 Å². The molecule has 2 aromatic heterocycles. The molecule has 6 heteroatoms. The summed E-state index contributed by atoms with van der Waals surface area (Å²) in [5.74, 6) is -0.291. The summed E-state index contributed by atoms with van der Waals surface area (Å²) in [6.45, 7) is 1.18. The van der Waals surface area contributed by atoms with Crippen LogP contribution in [0.1, 0.15) is 27.0 Å². The van der Waals surface area contributed by atoms with Gasteiger partial charge in [0.15, 0.2) is 0 Å². The third-order valence-corrected chi connectivity index (χ3v) is 6.60. The molecular weight excluding hydrogens is 482 g/mol. The standard InChI is InChI=1S/C31H26ClN3O2/c32-27-15-13-25(14-16-27)22-35-29-26(12-7-18-33-29)20-28(31(35)37)30(36)34(21-24-10-5-2-6-11-24)19-17-23-8-3-1-4-9-23/h1-16,18,20H,17,19,21-22H2. The van der Waals surface area contributed by atoms with Gasteiger partial charge in [0.25, 0.3) is 11.5 Å². The molecule has 0 aliphatic heterocycles. The first-order chi connectivity index (χ1) is 18.1. The van der Waals surface area contributed by atoms with Crippen LogP contribution in [0.3, 0.4) is 0 Å². The first kappa shape index (κ1) is 24.5. The van der Waals surface area contributed by atoms with E-state index in [4.69, 9.17) is 11.6 Å². The van der Waals surface area contributed by atoms with Crippen LogP contribution < -0.4 is 5.56 Å². The minimum atomic E-state index is -0.357. The minimum absolute atomic E-state index is 0.137. The van der Waals surface area contributed by atoms with Gasteiger partial charge in [-0.25, -0.2) is 4.98 Å². The second-order valence-electron chi connectivity index (χ2n) is 8.94. The Hall–Kier alpha value is -4.22. The van der Waals surface area contributed by atoms with Gasteiger partial charge in [-0.1, -0.05) is 84.4 Å². The van der Waals surface area contributed by atoms with E-state index in [0.717, 1.165) is 22.1 Å². The molecule has 37 heavy (non-hydrogen) atoms. The molecule has 5 nitrogen and oxygen atoms in total. The molecule has 2 heterocycles. The highest BCUT2D eigenvalue weighted by atomic mass is 35.5. The Labute approximate surface area is 220 Å². The number of aromatic nitrogens is 2. The van der Waals surface area contributed by atoms with Crippen molar-refractivity contribution in [2.75, 3.05) is 6.54 Å². The van der Waals surface area contributed by atoms with Gasteiger partial charge < -0.3 is 4.90 Å². The van der Waals surface area contributed by atoms with Crippen molar-refractivity contribution in [3.8, 4) is 0 Å². The van der Waals surface area contributed by atoms with Gasteiger partial charge in [0.1, 0.15) is 11.2 Å². The van der Waals surface area contributed by atoms with Crippen molar-refractivity contribution in [3.05, 3.63) is 147 Å².